The van der Waals surface area contributed by atoms with E-state index in [1.165, 1.54) is 10.4 Å². The normalized spacial score (nSPS) is 11.8. The predicted octanol–water partition coefficient (Wildman–Crippen LogP) is 4.59. The quantitative estimate of drug-likeness (QED) is 0.384. The van der Waals surface area contributed by atoms with E-state index in [4.69, 9.17) is 13.9 Å². The molecule has 162 valence electrons. The number of methoxy groups -OCH3 is 2. The molecule has 0 bridgehead atoms. The van der Waals surface area contributed by atoms with Crippen molar-refractivity contribution < 1.29 is 18.7 Å². The van der Waals surface area contributed by atoms with Gasteiger partial charge in [0.2, 0.25) is 0 Å². The van der Waals surface area contributed by atoms with Crippen LogP contribution in [0.5, 0.6) is 11.5 Å². The first-order valence-corrected chi connectivity index (χ1v) is 12.2. The Labute approximate surface area is 185 Å². The molecule has 0 atom stereocenters. The number of benzene rings is 3. The average Bonchev–Trinajstić information content (AvgIpc) is 2.79. The van der Waals surface area contributed by atoms with Crippen LogP contribution >= 0.6 is 0 Å². The van der Waals surface area contributed by atoms with E-state index in [-0.39, 0.29) is 5.04 Å². The highest BCUT2D eigenvalue weighted by molar-refractivity contribution is 6.99. The van der Waals surface area contributed by atoms with Gasteiger partial charge < -0.3 is 13.9 Å². The number of hydrogen-bond acceptors (Lipinski definition) is 4. The highest BCUT2D eigenvalue weighted by Gasteiger charge is 2.50. The Hall–Kier alpha value is -2.89. The van der Waals surface area contributed by atoms with Gasteiger partial charge in [0.1, 0.15) is 6.29 Å². The molecule has 0 aliphatic carbocycles. The van der Waals surface area contributed by atoms with E-state index in [9.17, 15) is 4.79 Å². The Balaban J connectivity index is 2.17. The minimum atomic E-state index is -2.71. The van der Waals surface area contributed by atoms with Gasteiger partial charge in [0, 0.05) is 11.1 Å². The molecule has 5 heteroatoms. The van der Waals surface area contributed by atoms with Gasteiger partial charge >= 0.3 is 0 Å². The third-order valence-corrected chi connectivity index (χ3v) is 10.6. The van der Waals surface area contributed by atoms with Crippen molar-refractivity contribution in [1.29, 1.82) is 0 Å². The third-order valence-electron chi connectivity index (χ3n) is 5.58. The monoisotopic (exact) mass is 434 g/mol. The molecular formula is C26H30O4Si. The van der Waals surface area contributed by atoms with Gasteiger partial charge in [-0.3, -0.25) is 4.79 Å². The Morgan fingerprint density at radius 1 is 0.839 bits per heavy atom. The van der Waals surface area contributed by atoms with Crippen molar-refractivity contribution in [2.75, 3.05) is 14.2 Å². The fraction of sp³-hybridized carbons (Fsp3) is 0.269. The Morgan fingerprint density at radius 3 is 1.81 bits per heavy atom. The molecule has 0 amide bonds. The molecule has 4 nitrogen and oxygen atoms in total. The Morgan fingerprint density at radius 2 is 1.39 bits per heavy atom. The number of rotatable bonds is 8. The lowest BCUT2D eigenvalue weighted by Crippen LogP contribution is -2.66. The Kier molecular flexibility index (Phi) is 6.98. The maximum absolute atomic E-state index is 11.5. The van der Waals surface area contributed by atoms with Gasteiger partial charge in [-0.25, -0.2) is 0 Å². The van der Waals surface area contributed by atoms with Gasteiger partial charge in [0.15, 0.2) is 11.5 Å². The SMILES string of the molecule is COc1cc(C=O)cc(CO[Si](c2ccccc2)(c2ccccc2)C(C)(C)C)c1OC. The van der Waals surface area contributed by atoms with Crippen LogP contribution in [0.25, 0.3) is 0 Å². The number of hydrogen-bond donors (Lipinski definition) is 0. The molecule has 3 aromatic rings. The maximum atomic E-state index is 11.5. The average molecular weight is 435 g/mol. The van der Waals surface area contributed by atoms with Crippen LogP contribution in [0.15, 0.2) is 72.8 Å². The van der Waals surface area contributed by atoms with E-state index < -0.39 is 8.32 Å². The highest BCUT2D eigenvalue weighted by atomic mass is 28.4. The first kappa shape index (κ1) is 22.8. The summed E-state index contributed by atoms with van der Waals surface area (Å²) in [6.45, 7) is 7.01. The summed E-state index contributed by atoms with van der Waals surface area (Å²) >= 11 is 0. The van der Waals surface area contributed by atoms with Crippen LogP contribution < -0.4 is 19.8 Å². The fourth-order valence-electron chi connectivity index (χ4n) is 4.19. The molecule has 0 radical (unpaired) electrons. The van der Waals surface area contributed by atoms with Gasteiger partial charge in [0.05, 0.1) is 20.8 Å². The molecule has 0 aliphatic heterocycles. The van der Waals surface area contributed by atoms with Crippen LogP contribution in [0.2, 0.25) is 5.04 Å². The zero-order valence-electron chi connectivity index (χ0n) is 18.8. The number of aldehydes is 1. The van der Waals surface area contributed by atoms with E-state index in [2.05, 4.69) is 69.3 Å². The second-order valence-electron chi connectivity index (χ2n) is 8.49. The largest absolute Gasteiger partial charge is 0.493 e. The number of ether oxygens (including phenoxy) is 2. The molecular weight excluding hydrogens is 404 g/mol. The van der Waals surface area contributed by atoms with E-state index >= 15 is 0 Å². The summed E-state index contributed by atoms with van der Waals surface area (Å²) in [5.74, 6) is 1.11. The molecule has 0 unspecified atom stereocenters. The maximum Gasteiger partial charge on any atom is 0.261 e. The topological polar surface area (TPSA) is 44.8 Å². The zero-order valence-corrected chi connectivity index (χ0v) is 19.8. The van der Waals surface area contributed by atoms with Crippen molar-refractivity contribution in [3.05, 3.63) is 83.9 Å². The van der Waals surface area contributed by atoms with Crippen LogP contribution in [0.1, 0.15) is 36.7 Å². The van der Waals surface area contributed by atoms with Crippen molar-refractivity contribution in [3.8, 4) is 11.5 Å². The van der Waals surface area contributed by atoms with Gasteiger partial charge in [-0.2, -0.15) is 0 Å². The highest BCUT2D eigenvalue weighted by Crippen LogP contribution is 2.39. The number of carbonyl (C=O) groups excluding carboxylic acids is 1. The van der Waals surface area contributed by atoms with Crippen LogP contribution in [0.3, 0.4) is 0 Å². The van der Waals surface area contributed by atoms with Crippen molar-refractivity contribution in [1.82, 2.24) is 0 Å². The molecule has 0 saturated heterocycles. The summed E-state index contributed by atoms with van der Waals surface area (Å²) in [5, 5.41) is 2.26. The molecule has 0 N–H and O–H groups in total. The first-order valence-electron chi connectivity index (χ1n) is 10.3. The molecule has 31 heavy (non-hydrogen) atoms. The molecule has 3 rings (SSSR count). The summed E-state index contributed by atoms with van der Waals surface area (Å²) in [6, 6.07) is 24.4. The summed E-state index contributed by atoms with van der Waals surface area (Å²) in [4.78, 5) is 11.5. The van der Waals surface area contributed by atoms with Gasteiger partial charge in [0.25, 0.3) is 8.32 Å². The van der Waals surface area contributed by atoms with Crippen LogP contribution in [0, 0.1) is 0 Å². The second kappa shape index (κ2) is 9.50. The lowest BCUT2D eigenvalue weighted by atomic mass is 10.1. The minimum absolute atomic E-state index is 0.144. The summed E-state index contributed by atoms with van der Waals surface area (Å²) in [6.07, 6.45) is 0.814. The lowest BCUT2D eigenvalue weighted by Gasteiger charge is -2.43. The van der Waals surface area contributed by atoms with Crippen molar-refractivity contribution >= 4 is 25.0 Å². The predicted molar refractivity (Wildman–Crippen MR) is 127 cm³/mol. The molecule has 0 fully saturated rings. The molecule has 0 saturated carbocycles. The van der Waals surface area contributed by atoms with Crippen molar-refractivity contribution in [2.24, 2.45) is 0 Å². The number of carbonyl (C=O) groups is 1. The minimum Gasteiger partial charge on any atom is -0.493 e. The van der Waals surface area contributed by atoms with E-state index in [0.29, 0.717) is 23.7 Å². The summed E-state index contributed by atoms with van der Waals surface area (Å²) < 4.78 is 18.1. The van der Waals surface area contributed by atoms with Gasteiger partial charge in [-0.15, -0.1) is 0 Å². The van der Waals surface area contributed by atoms with Crippen LogP contribution in [-0.2, 0) is 11.0 Å². The molecule has 0 spiro atoms. The zero-order chi connectivity index (χ0) is 22.5. The standard InChI is InChI=1S/C26H30O4Si/c1-26(2,3)31(22-12-8-6-9-13-22,23-14-10-7-11-15-23)30-19-21-16-20(18-27)17-24(28-4)25(21)29-5/h6-18H,19H2,1-5H3. The van der Waals surface area contributed by atoms with E-state index in [1.54, 1.807) is 20.3 Å². The van der Waals surface area contributed by atoms with Crippen molar-refractivity contribution in [3.63, 3.8) is 0 Å². The first-order chi connectivity index (χ1) is 14.9. The molecule has 3 aromatic carbocycles. The van der Waals surface area contributed by atoms with Gasteiger partial charge in [-0.1, -0.05) is 81.4 Å². The van der Waals surface area contributed by atoms with Crippen LogP contribution in [0.4, 0.5) is 0 Å². The van der Waals surface area contributed by atoms with E-state index in [1.807, 2.05) is 18.2 Å². The summed E-state index contributed by atoms with van der Waals surface area (Å²) in [7, 11) is 0.463. The van der Waals surface area contributed by atoms with Crippen molar-refractivity contribution in [2.45, 2.75) is 32.4 Å². The second-order valence-corrected chi connectivity index (χ2v) is 12.8. The molecule has 0 aromatic heterocycles. The van der Waals surface area contributed by atoms with E-state index in [0.717, 1.165) is 11.8 Å². The Bertz CT molecular complexity index is 971. The smallest absolute Gasteiger partial charge is 0.261 e. The van der Waals surface area contributed by atoms with Gasteiger partial charge in [-0.05, 0) is 27.5 Å². The van der Waals surface area contributed by atoms with Crippen LogP contribution in [-0.4, -0.2) is 28.8 Å². The lowest BCUT2D eigenvalue weighted by molar-refractivity contribution is 0.112. The summed E-state index contributed by atoms with van der Waals surface area (Å²) in [5.41, 5.74) is 1.32. The molecule has 0 heterocycles. The third kappa shape index (κ3) is 4.43. The molecule has 0 aliphatic rings. The fourth-order valence-corrected chi connectivity index (χ4v) is 8.72.